The van der Waals surface area contributed by atoms with Gasteiger partial charge in [0.15, 0.2) is 0 Å². The molecule has 0 fully saturated rings. The Morgan fingerprint density at radius 3 is 1.11 bits per heavy atom. The minimum atomic E-state index is -0.0874. The summed E-state index contributed by atoms with van der Waals surface area (Å²) in [6.45, 7) is 10.1. The first-order valence-corrected chi connectivity index (χ1v) is 12.9. The molecule has 0 saturated carbocycles. The van der Waals surface area contributed by atoms with Crippen molar-refractivity contribution in [2.24, 2.45) is 11.8 Å². The molecule has 0 unspecified atom stereocenters. The molecule has 4 aromatic rings. The van der Waals surface area contributed by atoms with Gasteiger partial charge in [0, 0.05) is 38.0 Å². The second kappa shape index (κ2) is 9.77. The summed E-state index contributed by atoms with van der Waals surface area (Å²) in [4.78, 5) is 30.8. The fourth-order valence-corrected chi connectivity index (χ4v) is 5.38. The lowest BCUT2D eigenvalue weighted by molar-refractivity contribution is -0.136. The molecule has 0 atom stereocenters. The predicted molar refractivity (Wildman–Crippen MR) is 146 cm³/mol. The van der Waals surface area contributed by atoms with Gasteiger partial charge in [-0.15, -0.1) is 0 Å². The van der Waals surface area contributed by atoms with Gasteiger partial charge in [-0.05, 0) is 43.8 Å². The number of hydrogen-bond donors (Lipinski definition) is 0. The van der Waals surface area contributed by atoms with Gasteiger partial charge >= 0.3 is 0 Å². The van der Waals surface area contributed by atoms with Crippen LogP contribution in [0, 0.1) is 11.8 Å². The third-order valence-corrected chi connectivity index (χ3v) is 7.23. The maximum Gasteiger partial charge on any atom is 0.225 e. The summed E-state index contributed by atoms with van der Waals surface area (Å²) in [7, 11) is 0. The summed E-state index contributed by atoms with van der Waals surface area (Å²) in [5.41, 5.74) is 4.51. The summed E-state index contributed by atoms with van der Waals surface area (Å²) in [5, 5.41) is 4.60. The van der Waals surface area contributed by atoms with Crippen LogP contribution < -0.4 is 0 Å². The summed E-state index contributed by atoms with van der Waals surface area (Å²) < 4.78 is 0. The van der Waals surface area contributed by atoms with Crippen LogP contribution in [0.3, 0.4) is 0 Å². The zero-order chi connectivity index (χ0) is 25.4. The van der Waals surface area contributed by atoms with Gasteiger partial charge in [-0.2, -0.15) is 0 Å². The Labute approximate surface area is 213 Å². The summed E-state index contributed by atoms with van der Waals surface area (Å²) in [6.07, 6.45) is 0. The van der Waals surface area contributed by atoms with Gasteiger partial charge in [0.1, 0.15) is 0 Å². The lowest BCUT2D eigenvalue weighted by Gasteiger charge is -2.30. The van der Waals surface area contributed by atoms with Gasteiger partial charge < -0.3 is 9.80 Å². The van der Waals surface area contributed by atoms with Gasteiger partial charge in [-0.1, -0.05) is 100 Å². The minimum Gasteiger partial charge on any atom is -0.334 e. The molecular formula is C32H34N2O2. The smallest absolute Gasteiger partial charge is 0.225 e. The van der Waals surface area contributed by atoms with Crippen LogP contribution in [-0.4, -0.2) is 21.6 Å². The SMILES string of the molecule is CC(C)C(=O)N1Cc2ccc(cc2)CN(C(=O)C(C)C)Cc2c3ccccc3c(c3ccccc23)C1. The lowest BCUT2D eigenvalue weighted by Crippen LogP contribution is -2.34. The highest BCUT2D eigenvalue weighted by Crippen LogP contribution is 2.36. The molecule has 4 heteroatoms. The van der Waals surface area contributed by atoms with Crippen LogP contribution >= 0.6 is 0 Å². The molecule has 4 aromatic carbocycles. The largest absolute Gasteiger partial charge is 0.334 e. The average molecular weight is 479 g/mol. The Morgan fingerprint density at radius 1 is 0.528 bits per heavy atom. The molecule has 4 aliphatic rings. The molecule has 0 spiro atoms. The fourth-order valence-electron chi connectivity index (χ4n) is 5.38. The Hall–Kier alpha value is -3.66. The molecule has 4 bridgehead atoms. The van der Waals surface area contributed by atoms with Gasteiger partial charge in [0.2, 0.25) is 11.8 Å². The van der Waals surface area contributed by atoms with Crippen LogP contribution in [-0.2, 0) is 35.8 Å². The molecule has 0 radical (unpaired) electrons. The average Bonchev–Trinajstić information content (AvgIpc) is 2.89. The Balaban J connectivity index is 1.79. The molecule has 36 heavy (non-hydrogen) atoms. The van der Waals surface area contributed by atoms with Crippen LogP contribution in [0.15, 0.2) is 72.8 Å². The zero-order valence-corrected chi connectivity index (χ0v) is 21.6. The highest BCUT2D eigenvalue weighted by Gasteiger charge is 2.25. The van der Waals surface area contributed by atoms with Crippen LogP contribution in [0.2, 0.25) is 0 Å². The minimum absolute atomic E-state index is 0.0874. The summed E-state index contributed by atoms with van der Waals surface area (Å²) >= 11 is 0. The normalized spacial score (nSPS) is 14.3. The third-order valence-electron chi connectivity index (χ3n) is 7.23. The second-order valence-corrected chi connectivity index (χ2v) is 10.6. The van der Waals surface area contributed by atoms with Crippen molar-refractivity contribution in [2.45, 2.75) is 53.9 Å². The van der Waals surface area contributed by atoms with Crippen molar-refractivity contribution >= 4 is 33.4 Å². The van der Waals surface area contributed by atoms with Crippen LogP contribution in [0.25, 0.3) is 21.5 Å². The Bertz CT molecular complexity index is 1270. The first kappa shape index (κ1) is 24.1. The van der Waals surface area contributed by atoms with E-state index < -0.39 is 0 Å². The van der Waals surface area contributed by atoms with E-state index in [1.54, 1.807) is 0 Å². The molecule has 4 aliphatic heterocycles. The standard InChI is InChI=1S/C32H34N2O2/c1-21(2)31(35)33-17-23-13-15-24(16-14-23)18-34(32(36)22(3)4)20-30-27-11-7-5-9-25(27)29(19-33)26-10-6-8-12-28(26)30/h5-16,21-22H,17-20H2,1-4H3. The van der Waals surface area contributed by atoms with E-state index in [9.17, 15) is 9.59 Å². The van der Waals surface area contributed by atoms with E-state index in [1.165, 1.54) is 0 Å². The number of carbonyl (C=O) groups is 2. The number of rotatable bonds is 2. The molecule has 0 aliphatic carbocycles. The van der Waals surface area contributed by atoms with Crippen molar-refractivity contribution in [1.29, 1.82) is 0 Å². The zero-order valence-electron chi connectivity index (χ0n) is 21.6. The van der Waals surface area contributed by atoms with Crippen molar-refractivity contribution < 1.29 is 9.59 Å². The molecular weight excluding hydrogens is 444 g/mol. The highest BCUT2D eigenvalue weighted by atomic mass is 16.2. The first-order chi connectivity index (χ1) is 17.3. The van der Waals surface area contributed by atoms with Gasteiger partial charge in [0.05, 0.1) is 0 Å². The Morgan fingerprint density at radius 2 is 0.833 bits per heavy atom. The van der Waals surface area contributed by atoms with E-state index in [4.69, 9.17) is 0 Å². The lowest BCUT2D eigenvalue weighted by atomic mass is 9.90. The number of benzene rings is 4. The van der Waals surface area contributed by atoms with E-state index in [1.807, 2.05) is 37.5 Å². The number of amides is 2. The van der Waals surface area contributed by atoms with Crippen molar-refractivity contribution in [3.63, 3.8) is 0 Å². The molecule has 184 valence electrons. The number of hydrogen-bond acceptors (Lipinski definition) is 2. The topological polar surface area (TPSA) is 40.6 Å². The molecule has 4 heterocycles. The van der Waals surface area contributed by atoms with Crippen molar-refractivity contribution in [1.82, 2.24) is 9.80 Å². The summed E-state index contributed by atoms with van der Waals surface area (Å²) in [6, 6.07) is 25.3. The van der Waals surface area contributed by atoms with Crippen molar-refractivity contribution in [3.05, 3.63) is 95.1 Å². The van der Waals surface area contributed by atoms with Gasteiger partial charge in [-0.3, -0.25) is 9.59 Å². The van der Waals surface area contributed by atoms with E-state index in [-0.39, 0.29) is 23.7 Å². The Kier molecular flexibility index (Phi) is 6.53. The molecule has 4 nitrogen and oxygen atoms in total. The molecule has 2 amide bonds. The highest BCUT2D eigenvalue weighted by molar-refractivity contribution is 6.06. The fraction of sp³-hybridized carbons (Fsp3) is 0.312. The number of carbonyl (C=O) groups excluding carboxylic acids is 2. The van der Waals surface area contributed by atoms with Crippen molar-refractivity contribution in [2.75, 3.05) is 0 Å². The monoisotopic (exact) mass is 478 g/mol. The molecule has 0 saturated heterocycles. The van der Waals surface area contributed by atoms with Gasteiger partial charge in [-0.25, -0.2) is 0 Å². The third kappa shape index (κ3) is 4.48. The quantitative estimate of drug-likeness (QED) is 0.302. The molecule has 8 rings (SSSR count). The van der Waals surface area contributed by atoms with Crippen molar-refractivity contribution in [3.8, 4) is 0 Å². The molecule has 0 N–H and O–H groups in total. The number of nitrogens with zero attached hydrogens (tertiary/aromatic N) is 2. The summed E-state index contributed by atoms with van der Waals surface area (Å²) in [5.74, 6) is 0.125. The van der Waals surface area contributed by atoms with E-state index >= 15 is 0 Å². The first-order valence-electron chi connectivity index (χ1n) is 12.9. The van der Waals surface area contributed by atoms with Crippen LogP contribution in [0.5, 0.6) is 0 Å². The van der Waals surface area contributed by atoms with Crippen LogP contribution in [0.1, 0.15) is 49.9 Å². The molecule has 0 aromatic heterocycles. The second-order valence-electron chi connectivity index (χ2n) is 10.6. The van der Waals surface area contributed by atoms with Crippen LogP contribution in [0.4, 0.5) is 0 Å². The maximum atomic E-state index is 13.4. The van der Waals surface area contributed by atoms with E-state index in [0.29, 0.717) is 26.2 Å². The van der Waals surface area contributed by atoms with E-state index in [2.05, 4.69) is 72.8 Å². The predicted octanol–water partition coefficient (Wildman–Crippen LogP) is 6.68. The van der Waals surface area contributed by atoms with E-state index in [0.717, 1.165) is 43.8 Å². The maximum absolute atomic E-state index is 13.4. The van der Waals surface area contributed by atoms with Gasteiger partial charge in [0.25, 0.3) is 0 Å².